The number of methoxy groups -OCH3 is 1. The predicted molar refractivity (Wildman–Crippen MR) is 130 cm³/mol. The van der Waals surface area contributed by atoms with E-state index in [1.54, 1.807) is 49.6 Å². The molecule has 4 rings (SSSR count). The van der Waals surface area contributed by atoms with Crippen LogP contribution in [0.3, 0.4) is 0 Å². The number of nitrogens with zero attached hydrogens (tertiary/aromatic N) is 1. The summed E-state index contributed by atoms with van der Waals surface area (Å²) in [4.78, 5) is 14.6. The number of fused-ring (bicyclic) bond motifs is 1. The fourth-order valence-electron chi connectivity index (χ4n) is 4.14. The van der Waals surface area contributed by atoms with E-state index >= 15 is 0 Å². The van der Waals surface area contributed by atoms with Gasteiger partial charge in [-0.15, -0.1) is 0 Å². The van der Waals surface area contributed by atoms with Crippen molar-refractivity contribution in [2.24, 2.45) is 0 Å². The van der Waals surface area contributed by atoms with Crippen LogP contribution in [0.2, 0.25) is 0 Å². The van der Waals surface area contributed by atoms with Crippen LogP contribution in [0.4, 0.5) is 4.39 Å². The quantitative estimate of drug-likeness (QED) is 0.529. The molecule has 0 bridgehead atoms. The Morgan fingerprint density at radius 1 is 1.17 bits per heavy atom. The van der Waals surface area contributed by atoms with Crippen LogP contribution in [0, 0.1) is 0 Å². The summed E-state index contributed by atoms with van der Waals surface area (Å²) in [5.74, 6) is 2.28. The Balaban J connectivity index is 0.00000342. The Hall–Kier alpha value is -3.04. The van der Waals surface area contributed by atoms with Gasteiger partial charge in [0.1, 0.15) is 37.0 Å². The molecule has 2 heterocycles. The van der Waals surface area contributed by atoms with Gasteiger partial charge in [0, 0.05) is 19.6 Å². The predicted octanol–water partition coefficient (Wildman–Crippen LogP) is 3.13. The molecule has 0 saturated carbocycles. The molecule has 0 unspecified atom stereocenters. The number of hydrogen-bond acceptors (Lipinski definition) is 7. The molecule has 8 nitrogen and oxygen atoms in total. The third-order valence-corrected chi connectivity index (χ3v) is 5.96. The number of likely N-dealkylation sites (tertiary alicyclic amines) is 1. The van der Waals surface area contributed by atoms with E-state index in [2.05, 4.69) is 5.32 Å². The molecule has 1 fully saturated rings. The van der Waals surface area contributed by atoms with Crippen LogP contribution in [-0.4, -0.2) is 74.7 Å². The van der Waals surface area contributed by atoms with Crippen molar-refractivity contribution in [1.82, 2.24) is 10.2 Å². The SMILES string of the molecule is C.COc1ccc(OCCC(=O)N[C@H](CN2CC[C@@H](F)C2)[C@H](O)c2ccc3c(c2)OCCO3)cc1. The highest BCUT2D eigenvalue weighted by atomic mass is 19.1. The minimum Gasteiger partial charge on any atom is -0.497 e. The molecule has 2 aromatic rings. The largest absolute Gasteiger partial charge is 0.497 e. The van der Waals surface area contributed by atoms with Crippen molar-refractivity contribution >= 4 is 5.91 Å². The summed E-state index contributed by atoms with van der Waals surface area (Å²) in [6, 6.07) is 11.7. The summed E-state index contributed by atoms with van der Waals surface area (Å²) in [5.41, 5.74) is 0.597. The number of ether oxygens (including phenoxy) is 4. The standard InChI is InChI=1S/C25H31FN2O6.CH4/c1-31-19-3-5-20(6-4-19)32-11-9-24(29)27-21(16-28-10-8-18(26)15-28)25(30)17-2-7-22-23(14-17)34-13-12-33-22;/h2-7,14,18,21,25,30H,8-13,15-16H2,1H3,(H,27,29);1H4/t18-,21-,25-;/m1./s1. The van der Waals surface area contributed by atoms with E-state index in [-0.39, 0.29) is 26.4 Å². The first-order valence-corrected chi connectivity index (χ1v) is 11.5. The monoisotopic (exact) mass is 490 g/mol. The Labute approximate surface area is 205 Å². The molecule has 2 aliphatic heterocycles. The zero-order chi connectivity index (χ0) is 23.9. The molecule has 35 heavy (non-hydrogen) atoms. The lowest BCUT2D eigenvalue weighted by molar-refractivity contribution is -0.123. The topological polar surface area (TPSA) is 89.5 Å². The molecule has 3 atom stereocenters. The van der Waals surface area contributed by atoms with Crippen molar-refractivity contribution in [1.29, 1.82) is 0 Å². The maximum absolute atomic E-state index is 13.7. The fraction of sp³-hybridized carbons (Fsp3) is 0.500. The number of rotatable bonds is 10. The zero-order valence-corrected chi connectivity index (χ0v) is 19.2. The Morgan fingerprint density at radius 3 is 2.57 bits per heavy atom. The minimum atomic E-state index is -0.999. The number of nitrogens with one attached hydrogen (secondary N) is 1. The van der Waals surface area contributed by atoms with Crippen molar-refractivity contribution in [3.05, 3.63) is 48.0 Å². The molecule has 0 aliphatic carbocycles. The van der Waals surface area contributed by atoms with Crippen LogP contribution < -0.4 is 24.3 Å². The summed E-state index contributed by atoms with van der Waals surface area (Å²) in [7, 11) is 1.59. The van der Waals surface area contributed by atoms with Crippen LogP contribution in [-0.2, 0) is 4.79 Å². The smallest absolute Gasteiger partial charge is 0.223 e. The molecular weight excluding hydrogens is 455 g/mol. The molecule has 0 aromatic heterocycles. The maximum atomic E-state index is 13.7. The van der Waals surface area contributed by atoms with Crippen LogP contribution >= 0.6 is 0 Å². The highest BCUT2D eigenvalue weighted by Crippen LogP contribution is 2.33. The van der Waals surface area contributed by atoms with Gasteiger partial charge < -0.3 is 29.4 Å². The van der Waals surface area contributed by atoms with Crippen molar-refractivity contribution < 1.29 is 33.2 Å². The highest BCUT2D eigenvalue weighted by molar-refractivity contribution is 5.76. The Kier molecular flexibility index (Phi) is 9.56. The second-order valence-corrected chi connectivity index (χ2v) is 8.44. The van der Waals surface area contributed by atoms with Gasteiger partial charge >= 0.3 is 0 Å². The van der Waals surface area contributed by atoms with Gasteiger partial charge in [0.25, 0.3) is 0 Å². The van der Waals surface area contributed by atoms with Crippen LogP contribution in [0.15, 0.2) is 42.5 Å². The summed E-state index contributed by atoms with van der Waals surface area (Å²) in [5, 5.41) is 14.1. The van der Waals surface area contributed by atoms with E-state index in [9.17, 15) is 14.3 Å². The molecular formula is C26H35FN2O6. The second-order valence-electron chi connectivity index (χ2n) is 8.44. The van der Waals surface area contributed by atoms with Crippen molar-refractivity contribution in [2.75, 3.05) is 46.6 Å². The summed E-state index contributed by atoms with van der Waals surface area (Å²) in [6.07, 6.45) is -1.32. The second kappa shape index (κ2) is 12.6. The molecule has 0 radical (unpaired) electrons. The minimum absolute atomic E-state index is 0. The number of carbonyl (C=O) groups is 1. The van der Waals surface area contributed by atoms with Gasteiger partial charge in [0.05, 0.1) is 26.2 Å². The number of halogens is 1. The van der Waals surface area contributed by atoms with Gasteiger partial charge in [0.15, 0.2) is 11.5 Å². The van der Waals surface area contributed by atoms with E-state index in [4.69, 9.17) is 18.9 Å². The number of amides is 1. The Morgan fingerprint density at radius 2 is 1.89 bits per heavy atom. The van der Waals surface area contributed by atoms with E-state index in [1.807, 2.05) is 4.90 Å². The van der Waals surface area contributed by atoms with E-state index in [0.29, 0.717) is 62.1 Å². The molecule has 1 amide bonds. The Bertz CT molecular complexity index is 957. The number of hydrogen-bond donors (Lipinski definition) is 2. The molecule has 192 valence electrons. The van der Waals surface area contributed by atoms with Crippen LogP contribution in [0.5, 0.6) is 23.0 Å². The van der Waals surface area contributed by atoms with Gasteiger partial charge in [0.2, 0.25) is 5.91 Å². The number of alkyl halides is 1. The first-order valence-electron chi connectivity index (χ1n) is 11.5. The summed E-state index contributed by atoms with van der Waals surface area (Å²) < 4.78 is 35.7. The molecule has 2 aliphatic rings. The number of aliphatic hydroxyl groups excluding tert-OH is 1. The fourth-order valence-corrected chi connectivity index (χ4v) is 4.14. The summed E-state index contributed by atoms with van der Waals surface area (Å²) in [6.45, 7) is 2.31. The molecule has 2 N–H and O–H groups in total. The van der Waals surface area contributed by atoms with Crippen molar-refractivity contribution in [3.8, 4) is 23.0 Å². The molecule has 0 spiro atoms. The van der Waals surface area contributed by atoms with Gasteiger partial charge in [-0.3, -0.25) is 9.69 Å². The molecule has 2 aromatic carbocycles. The first-order chi connectivity index (χ1) is 16.5. The van der Waals surface area contributed by atoms with E-state index in [1.165, 1.54) is 0 Å². The first kappa shape index (κ1) is 26.6. The highest BCUT2D eigenvalue weighted by Gasteiger charge is 2.30. The van der Waals surface area contributed by atoms with Gasteiger partial charge in [-0.25, -0.2) is 4.39 Å². The van der Waals surface area contributed by atoms with Crippen molar-refractivity contribution in [2.45, 2.75) is 38.6 Å². The maximum Gasteiger partial charge on any atom is 0.223 e. The van der Waals surface area contributed by atoms with Gasteiger partial charge in [-0.05, 0) is 48.4 Å². The average Bonchev–Trinajstić information content (AvgIpc) is 3.27. The van der Waals surface area contributed by atoms with E-state index < -0.39 is 18.3 Å². The summed E-state index contributed by atoms with van der Waals surface area (Å²) >= 11 is 0. The average molecular weight is 491 g/mol. The lowest BCUT2D eigenvalue weighted by atomic mass is 10.0. The van der Waals surface area contributed by atoms with E-state index in [0.717, 1.165) is 5.75 Å². The number of benzene rings is 2. The number of carbonyl (C=O) groups excluding carboxylic acids is 1. The van der Waals surface area contributed by atoms with Gasteiger partial charge in [-0.2, -0.15) is 0 Å². The molecule has 9 heteroatoms. The number of aliphatic hydroxyl groups is 1. The van der Waals surface area contributed by atoms with Gasteiger partial charge in [-0.1, -0.05) is 13.5 Å². The van der Waals surface area contributed by atoms with Crippen LogP contribution in [0.25, 0.3) is 0 Å². The molecule has 1 saturated heterocycles. The van der Waals surface area contributed by atoms with Crippen molar-refractivity contribution in [3.63, 3.8) is 0 Å². The third-order valence-electron chi connectivity index (χ3n) is 5.96. The lowest BCUT2D eigenvalue weighted by Crippen LogP contribution is -2.47. The normalized spacial score (nSPS) is 18.8. The van der Waals surface area contributed by atoms with Crippen LogP contribution in [0.1, 0.15) is 31.9 Å². The third kappa shape index (κ3) is 7.22. The lowest BCUT2D eigenvalue weighted by Gasteiger charge is -2.29. The zero-order valence-electron chi connectivity index (χ0n) is 19.2.